The average molecular weight is 205 g/mol. The van der Waals surface area contributed by atoms with Crippen molar-refractivity contribution >= 4 is 23.1 Å². The van der Waals surface area contributed by atoms with Crippen molar-refractivity contribution < 1.29 is 0 Å². The van der Waals surface area contributed by atoms with Crippen LogP contribution in [-0.4, -0.2) is 4.98 Å². The highest BCUT2D eigenvalue weighted by atomic mass is 35.5. The van der Waals surface area contributed by atoms with E-state index in [0.29, 0.717) is 10.8 Å². The molecule has 1 heterocycles. The van der Waals surface area contributed by atoms with Gasteiger partial charge in [0, 0.05) is 11.9 Å². The van der Waals surface area contributed by atoms with Gasteiger partial charge in [0.1, 0.15) is 5.82 Å². The largest absolute Gasteiger partial charge is 0.339 e. The third-order valence-electron chi connectivity index (χ3n) is 1.80. The van der Waals surface area contributed by atoms with Gasteiger partial charge >= 0.3 is 0 Å². The Morgan fingerprint density at radius 3 is 2.50 bits per heavy atom. The van der Waals surface area contributed by atoms with Crippen molar-refractivity contribution in [3.8, 4) is 0 Å². The number of pyridine rings is 1. The molecule has 0 saturated heterocycles. The number of para-hydroxylation sites is 1. The predicted octanol–water partition coefficient (Wildman–Crippen LogP) is 3.48. The van der Waals surface area contributed by atoms with Gasteiger partial charge in [-0.15, -0.1) is 0 Å². The molecule has 14 heavy (non-hydrogen) atoms. The van der Waals surface area contributed by atoms with Crippen LogP contribution in [0.2, 0.25) is 5.02 Å². The molecule has 2 aromatic rings. The van der Waals surface area contributed by atoms with Crippen molar-refractivity contribution in [2.45, 2.75) is 0 Å². The van der Waals surface area contributed by atoms with Gasteiger partial charge in [0.15, 0.2) is 0 Å². The fourth-order valence-electron chi connectivity index (χ4n) is 1.14. The van der Waals surface area contributed by atoms with Crippen LogP contribution in [0.25, 0.3) is 0 Å². The standard InChI is InChI=1S/C11H9ClN2/c12-10-7-4-8-13-11(10)14-9-5-2-1-3-6-9/h1-8H,(H,13,14). The fraction of sp³-hybridized carbons (Fsp3) is 0. The lowest BCUT2D eigenvalue weighted by molar-refractivity contribution is 1.31. The molecule has 2 rings (SSSR count). The number of halogens is 1. The molecule has 0 bridgehead atoms. The zero-order valence-corrected chi connectivity index (χ0v) is 8.20. The highest BCUT2D eigenvalue weighted by Gasteiger charge is 1.99. The molecule has 0 aliphatic carbocycles. The summed E-state index contributed by atoms with van der Waals surface area (Å²) in [6, 6.07) is 13.4. The summed E-state index contributed by atoms with van der Waals surface area (Å²) < 4.78 is 0. The van der Waals surface area contributed by atoms with E-state index < -0.39 is 0 Å². The minimum Gasteiger partial charge on any atom is -0.339 e. The second-order valence-corrected chi connectivity index (χ2v) is 3.23. The monoisotopic (exact) mass is 204 g/mol. The van der Waals surface area contributed by atoms with Crippen LogP contribution in [0.5, 0.6) is 0 Å². The Bertz CT molecular complexity index is 415. The van der Waals surface area contributed by atoms with Gasteiger partial charge in [-0.2, -0.15) is 0 Å². The molecule has 0 atom stereocenters. The SMILES string of the molecule is Clc1cccnc1Nc1ccccc1. The van der Waals surface area contributed by atoms with Crippen molar-refractivity contribution in [3.05, 3.63) is 53.7 Å². The van der Waals surface area contributed by atoms with E-state index in [2.05, 4.69) is 10.3 Å². The van der Waals surface area contributed by atoms with Crippen molar-refractivity contribution in [2.75, 3.05) is 5.32 Å². The molecule has 0 unspecified atom stereocenters. The van der Waals surface area contributed by atoms with Crippen molar-refractivity contribution in [2.24, 2.45) is 0 Å². The summed E-state index contributed by atoms with van der Waals surface area (Å²) in [5.74, 6) is 0.681. The number of aromatic nitrogens is 1. The van der Waals surface area contributed by atoms with Crippen molar-refractivity contribution in [1.82, 2.24) is 4.98 Å². The Morgan fingerprint density at radius 1 is 1.00 bits per heavy atom. The minimum atomic E-state index is 0.622. The zero-order chi connectivity index (χ0) is 9.80. The first-order valence-corrected chi connectivity index (χ1v) is 4.66. The van der Waals surface area contributed by atoms with Gasteiger partial charge < -0.3 is 5.32 Å². The molecular formula is C11H9ClN2. The average Bonchev–Trinajstić information content (AvgIpc) is 2.23. The molecule has 2 nitrogen and oxygen atoms in total. The van der Waals surface area contributed by atoms with Crippen LogP contribution < -0.4 is 5.32 Å². The third-order valence-corrected chi connectivity index (χ3v) is 2.10. The summed E-state index contributed by atoms with van der Waals surface area (Å²) in [7, 11) is 0. The van der Waals surface area contributed by atoms with E-state index in [-0.39, 0.29) is 0 Å². The van der Waals surface area contributed by atoms with E-state index >= 15 is 0 Å². The van der Waals surface area contributed by atoms with Crippen LogP contribution in [0, 0.1) is 0 Å². The molecule has 0 spiro atoms. The Labute approximate surface area is 87.6 Å². The van der Waals surface area contributed by atoms with E-state index in [0.717, 1.165) is 5.69 Å². The Kier molecular flexibility index (Phi) is 2.65. The van der Waals surface area contributed by atoms with Crippen LogP contribution in [0.3, 0.4) is 0 Å². The van der Waals surface area contributed by atoms with Crippen LogP contribution in [0.1, 0.15) is 0 Å². The first-order valence-electron chi connectivity index (χ1n) is 4.29. The summed E-state index contributed by atoms with van der Waals surface area (Å²) >= 11 is 5.95. The lowest BCUT2D eigenvalue weighted by Crippen LogP contribution is -1.92. The lowest BCUT2D eigenvalue weighted by Gasteiger charge is -2.05. The van der Waals surface area contributed by atoms with Gasteiger partial charge in [0.2, 0.25) is 0 Å². The second kappa shape index (κ2) is 4.11. The lowest BCUT2D eigenvalue weighted by atomic mass is 10.3. The van der Waals surface area contributed by atoms with Crippen LogP contribution in [0.4, 0.5) is 11.5 Å². The second-order valence-electron chi connectivity index (χ2n) is 2.82. The summed E-state index contributed by atoms with van der Waals surface area (Å²) in [5.41, 5.74) is 0.980. The quantitative estimate of drug-likeness (QED) is 0.810. The van der Waals surface area contributed by atoms with Crippen LogP contribution in [0.15, 0.2) is 48.7 Å². The van der Waals surface area contributed by atoms with Gasteiger partial charge in [-0.3, -0.25) is 0 Å². The normalized spacial score (nSPS) is 9.79. The molecular weight excluding hydrogens is 196 g/mol. The highest BCUT2D eigenvalue weighted by Crippen LogP contribution is 2.21. The van der Waals surface area contributed by atoms with Gasteiger partial charge in [0.25, 0.3) is 0 Å². The maximum Gasteiger partial charge on any atom is 0.149 e. The number of hydrogen-bond acceptors (Lipinski definition) is 2. The first-order chi connectivity index (χ1) is 6.86. The van der Waals surface area contributed by atoms with Gasteiger partial charge in [-0.1, -0.05) is 29.8 Å². The smallest absolute Gasteiger partial charge is 0.149 e. The maximum absolute atomic E-state index is 5.95. The van der Waals surface area contributed by atoms with E-state index in [4.69, 9.17) is 11.6 Å². The molecule has 1 N–H and O–H groups in total. The van der Waals surface area contributed by atoms with E-state index in [1.165, 1.54) is 0 Å². The van der Waals surface area contributed by atoms with Gasteiger partial charge in [-0.05, 0) is 24.3 Å². The molecule has 1 aromatic carbocycles. The summed E-state index contributed by atoms with van der Waals surface area (Å²) in [6.45, 7) is 0. The van der Waals surface area contributed by atoms with Crippen LogP contribution >= 0.6 is 11.6 Å². The first kappa shape index (κ1) is 9.03. The Hall–Kier alpha value is -1.54. The number of benzene rings is 1. The summed E-state index contributed by atoms with van der Waals surface area (Å²) in [6.07, 6.45) is 1.71. The predicted molar refractivity (Wildman–Crippen MR) is 59.0 cm³/mol. The summed E-state index contributed by atoms with van der Waals surface area (Å²) in [5, 5.41) is 3.75. The molecule has 0 saturated carbocycles. The van der Waals surface area contributed by atoms with E-state index in [1.807, 2.05) is 30.3 Å². The molecule has 0 fully saturated rings. The number of hydrogen-bond donors (Lipinski definition) is 1. The van der Waals surface area contributed by atoms with Crippen LogP contribution in [-0.2, 0) is 0 Å². The van der Waals surface area contributed by atoms with E-state index in [9.17, 15) is 0 Å². The third kappa shape index (κ3) is 2.03. The summed E-state index contributed by atoms with van der Waals surface area (Å²) in [4.78, 5) is 4.13. The highest BCUT2D eigenvalue weighted by molar-refractivity contribution is 6.33. The minimum absolute atomic E-state index is 0.622. The topological polar surface area (TPSA) is 24.9 Å². The van der Waals surface area contributed by atoms with E-state index in [1.54, 1.807) is 18.3 Å². The zero-order valence-electron chi connectivity index (χ0n) is 7.44. The fourth-order valence-corrected chi connectivity index (χ4v) is 1.30. The number of nitrogens with one attached hydrogen (secondary N) is 1. The molecule has 0 radical (unpaired) electrons. The molecule has 1 aromatic heterocycles. The Morgan fingerprint density at radius 2 is 1.79 bits per heavy atom. The molecule has 0 aliphatic heterocycles. The maximum atomic E-state index is 5.95. The molecule has 3 heteroatoms. The molecule has 0 aliphatic rings. The molecule has 70 valence electrons. The van der Waals surface area contributed by atoms with Crippen molar-refractivity contribution in [1.29, 1.82) is 0 Å². The Balaban J connectivity index is 2.24. The van der Waals surface area contributed by atoms with Crippen molar-refractivity contribution in [3.63, 3.8) is 0 Å². The van der Waals surface area contributed by atoms with Gasteiger partial charge in [0.05, 0.1) is 5.02 Å². The number of anilines is 2. The number of rotatable bonds is 2. The number of nitrogens with zero attached hydrogens (tertiary/aromatic N) is 1. The van der Waals surface area contributed by atoms with Gasteiger partial charge in [-0.25, -0.2) is 4.98 Å². The molecule has 0 amide bonds.